The molecule has 0 aromatic heterocycles. The third kappa shape index (κ3) is 4.73. The normalized spacial score (nSPS) is 13.2. The van der Waals surface area contributed by atoms with Gasteiger partial charge in [0.25, 0.3) is 0 Å². The number of carbonyl (C=O) groups is 1. The summed E-state index contributed by atoms with van der Waals surface area (Å²) in [5.41, 5.74) is 0.236. The van der Waals surface area contributed by atoms with Gasteiger partial charge < -0.3 is 15.7 Å². The lowest BCUT2D eigenvalue weighted by molar-refractivity contribution is 0.155. The number of nitrogens with one attached hydrogen (secondary N) is 2. The van der Waals surface area contributed by atoms with Gasteiger partial charge in [0.1, 0.15) is 5.82 Å². The standard InChI is InChI=1S/C17H17F3N2O2/c1-10(9-15(23)11-5-7-12(18)8-6-11)21-17(24)22-14-4-2-3-13(19)16(14)20/h2-8,10,15,23H,9H2,1H3,(H2,21,22,24). The first kappa shape index (κ1) is 17.8. The van der Waals surface area contributed by atoms with Crippen molar-refractivity contribution in [2.75, 3.05) is 5.32 Å². The van der Waals surface area contributed by atoms with E-state index < -0.39 is 35.6 Å². The summed E-state index contributed by atoms with van der Waals surface area (Å²) in [5.74, 6) is -2.62. The molecule has 0 aliphatic heterocycles. The first-order valence-corrected chi connectivity index (χ1v) is 7.32. The highest BCUT2D eigenvalue weighted by Gasteiger charge is 2.16. The fourth-order valence-corrected chi connectivity index (χ4v) is 2.20. The lowest BCUT2D eigenvalue weighted by Crippen LogP contribution is -2.37. The highest BCUT2D eigenvalue weighted by molar-refractivity contribution is 5.89. The molecule has 0 fully saturated rings. The van der Waals surface area contributed by atoms with Crippen molar-refractivity contribution in [3.8, 4) is 0 Å². The predicted octanol–water partition coefficient (Wildman–Crippen LogP) is 3.74. The van der Waals surface area contributed by atoms with Crippen LogP contribution in [-0.2, 0) is 0 Å². The van der Waals surface area contributed by atoms with Crippen molar-refractivity contribution in [2.45, 2.75) is 25.5 Å². The van der Waals surface area contributed by atoms with Crippen LogP contribution in [0.15, 0.2) is 42.5 Å². The predicted molar refractivity (Wildman–Crippen MR) is 84.0 cm³/mol. The van der Waals surface area contributed by atoms with E-state index in [-0.39, 0.29) is 12.1 Å². The molecule has 0 bridgehead atoms. The number of amides is 2. The third-order valence-corrected chi connectivity index (χ3v) is 3.41. The van der Waals surface area contributed by atoms with E-state index in [4.69, 9.17) is 0 Å². The zero-order chi connectivity index (χ0) is 17.7. The molecule has 128 valence electrons. The van der Waals surface area contributed by atoms with E-state index in [1.165, 1.54) is 36.4 Å². The fraction of sp³-hybridized carbons (Fsp3) is 0.235. The van der Waals surface area contributed by atoms with E-state index >= 15 is 0 Å². The molecule has 0 aliphatic carbocycles. The van der Waals surface area contributed by atoms with E-state index in [1.54, 1.807) is 6.92 Å². The second-order valence-electron chi connectivity index (χ2n) is 5.40. The molecule has 0 saturated carbocycles. The fourth-order valence-electron chi connectivity index (χ4n) is 2.20. The van der Waals surface area contributed by atoms with Gasteiger partial charge in [0, 0.05) is 6.04 Å². The molecule has 0 aliphatic rings. The molecule has 0 spiro atoms. The number of hydrogen-bond donors (Lipinski definition) is 3. The molecule has 24 heavy (non-hydrogen) atoms. The maximum Gasteiger partial charge on any atom is 0.319 e. The van der Waals surface area contributed by atoms with Gasteiger partial charge in [-0.1, -0.05) is 18.2 Å². The monoisotopic (exact) mass is 338 g/mol. The Morgan fingerprint density at radius 1 is 1.12 bits per heavy atom. The maximum absolute atomic E-state index is 13.5. The lowest BCUT2D eigenvalue weighted by atomic mass is 10.0. The van der Waals surface area contributed by atoms with Crippen LogP contribution in [-0.4, -0.2) is 17.2 Å². The summed E-state index contributed by atoms with van der Waals surface area (Å²) in [6, 6.07) is 7.64. The van der Waals surface area contributed by atoms with Gasteiger partial charge in [-0.3, -0.25) is 0 Å². The topological polar surface area (TPSA) is 61.4 Å². The van der Waals surface area contributed by atoms with Crippen molar-refractivity contribution < 1.29 is 23.1 Å². The minimum absolute atomic E-state index is 0.171. The Kier molecular flexibility index (Phi) is 5.81. The van der Waals surface area contributed by atoms with Gasteiger partial charge in [-0.2, -0.15) is 0 Å². The number of benzene rings is 2. The summed E-state index contributed by atoms with van der Waals surface area (Å²) in [6.45, 7) is 1.65. The SMILES string of the molecule is CC(CC(O)c1ccc(F)cc1)NC(=O)Nc1cccc(F)c1F. The number of hydrogen-bond acceptors (Lipinski definition) is 2. The number of anilines is 1. The number of carbonyl (C=O) groups excluding carboxylic acids is 1. The molecular formula is C17H17F3N2O2. The van der Waals surface area contributed by atoms with Crippen LogP contribution in [0.3, 0.4) is 0 Å². The van der Waals surface area contributed by atoms with Crippen LogP contribution in [0.2, 0.25) is 0 Å². The molecule has 3 N–H and O–H groups in total. The molecule has 2 unspecified atom stereocenters. The largest absolute Gasteiger partial charge is 0.388 e. The van der Waals surface area contributed by atoms with Crippen LogP contribution < -0.4 is 10.6 Å². The molecule has 0 heterocycles. The minimum Gasteiger partial charge on any atom is -0.388 e. The molecule has 2 atom stereocenters. The van der Waals surface area contributed by atoms with E-state index in [2.05, 4.69) is 10.6 Å². The molecular weight excluding hydrogens is 321 g/mol. The van der Waals surface area contributed by atoms with Crippen LogP contribution in [0.25, 0.3) is 0 Å². The average molecular weight is 338 g/mol. The Morgan fingerprint density at radius 3 is 2.46 bits per heavy atom. The second kappa shape index (κ2) is 7.83. The number of halogens is 3. The third-order valence-electron chi connectivity index (χ3n) is 3.41. The molecule has 2 aromatic rings. The Balaban J connectivity index is 1.89. The lowest BCUT2D eigenvalue weighted by Gasteiger charge is -2.18. The molecule has 4 nitrogen and oxygen atoms in total. The van der Waals surface area contributed by atoms with E-state index in [0.717, 1.165) is 6.07 Å². The van der Waals surface area contributed by atoms with Crippen molar-refractivity contribution in [3.05, 3.63) is 65.5 Å². The minimum atomic E-state index is -1.15. The van der Waals surface area contributed by atoms with Gasteiger partial charge in [-0.05, 0) is 43.2 Å². The highest BCUT2D eigenvalue weighted by atomic mass is 19.2. The van der Waals surface area contributed by atoms with Gasteiger partial charge in [0.15, 0.2) is 11.6 Å². The summed E-state index contributed by atoms with van der Waals surface area (Å²) in [5, 5.41) is 14.8. The number of urea groups is 1. The summed E-state index contributed by atoms with van der Waals surface area (Å²) < 4.78 is 39.4. The first-order chi connectivity index (χ1) is 11.4. The molecule has 2 rings (SSSR count). The number of aliphatic hydroxyl groups excluding tert-OH is 1. The Bertz CT molecular complexity index is 707. The maximum atomic E-state index is 13.5. The zero-order valence-electron chi connectivity index (χ0n) is 12.9. The summed E-state index contributed by atoms with van der Waals surface area (Å²) in [6.07, 6.45) is -0.725. The second-order valence-corrected chi connectivity index (χ2v) is 5.40. The van der Waals surface area contributed by atoms with Crippen molar-refractivity contribution in [2.24, 2.45) is 0 Å². The van der Waals surface area contributed by atoms with Gasteiger partial charge in [-0.25, -0.2) is 18.0 Å². The van der Waals surface area contributed by atoms with Crippen LogP contribution >= 0.6 is 0 Å². The summed E-state index contributed by atoms with van der Waals surface area (Å²) in [7, 11) is 0. The zero-order valence-corrected chi connectivity index (χ0v) is 12.9. The van der Waals surface area contributed by atoms with Crippen LogP contribution in [0.4, 0.5) is 23.7 Å². The van der Waals surface area contributed by atoms with Crippen LogP contribution in [0, 0.1) is 17.5 Å². The van der Waals surface area contributed by atoms with Crippen molar-refractivity contribution >= 4 is 11.7 Å². The quantitative estimate of drug-likeness (QED) is 0.778. The number of rotatable bonds is 5. The Hall–Kier alpha value is -2.54. The van der Waals surface area contributed by atoms with Gasteiger partial charge in [0.05, 0.1) is 11.8 Å². The molecule has 2 aromatic carbocycles. The number of aliphatic hydroxyl groups is 1. The van der Waals surface area contributed by atoms with Crippen LogP contribution in [0.5, 0.6) is 0 Å². The average Bonchev–Trinajstić information content (AvgIpc) is 2.52. The van der Waals surface area contributed by atoms with Crippen molar-refractivity contribution in [1.82, 2.24) is 5.32 Å². The highest BCUT2D eigenvalue weighted by Crippen LogP contribution is 2.19. The molecule has 2 amide bonds. The van der Waals surface area contributed by atoms with Gasteiger partial charge in [0.2, 0.25) is 0 Å². The molecule has 7 heteroatoms. The Morgan fingerprint density at radius 2 is 1.79 bits per heavy atom. The Labute approximate surface area is 137 Å². The van der Waals surface area contributed by atoms with E-state index in [9.17, 15) is 23.1 Å². The summed E-state index contributed by atoms with van der Waals surface area (Å²) >= 11 is 0. The van der Waals surface area contributed by atoms with E-state index in [0.29, 0.717) is 5.56 Å². The first-order valence-electron chi connectivity index (χ1n) is 7.32. The van der Waals surface area contributed by atoms with Crippen LogP contribution in [0.1, 0.15) is 25.0 Å². The smallest absolute Gasteiger partial charge is 0.319 e. The van der Waals surface area contributed by atoms with Crippen molar-refractivity contribution in [3.63, 3.8) is 0 Å². The van der Waals surface area contributed by atoms with Crippen molar-refractivity contribution in [1.29, 1.82) is 0 Å². The summed E-state index contributed by atoms with van der Waals surface area (Å²) in [4.78, 5) is 11.8. The molecule has 0 saturated heterocycles. The van der Waals surface area contributed by atoms with Gasteiger partial charge in [-0.15, -0.1) is 0 Å². The van der Waals surface area contributed by atoms with Gasteiger partial charge >= 0.3 is 6.03 Å². The molecule has 0 radical (unpaired) electrons. The van der Waals surface area contributed by atoms with E-state index in [1.807, 2.05) is 0 Å².